The van der Waals surface area contributed by atoms with Crippen molar-refractivity contribution >= 4 is 39.4 Å². The summed E-state index contributed by atoms with van der Waals surface area (Å²) in [5, 5.41) is 10.8. The highest BCUT2D eigenvalue weighted by Crippen LogP contribution is 2.30. The topological polar surface area (TPSA) is 88.6 Å². The number of hydrogen-bond donors (Lipinski definition) is 2. The highest BCUT2D eigenvalue weighted by Gasteiger charge is 2.12. The third kappa shape index (κ3) is 4.12. The Morgan fingerprint density at radius 1 is 1.27 bits per heavy atom. The van der Waals surface area contributed by atoms with E-state index in [1.807, 2.05) is 12.1 Å². The van der Waals surface area contributed by atoms with Crippen LogP contribution >= 0.6 is 27.3 Å². The van der Waals surface area contributed by atoms with Gasteiger partial charge in [-0.2, -0.15) is 10.2 Å². The minimum atomic E-state index is -0.416. The van der Waals surface area contributed by atoms with Gasteiger partial charge in [0.2, 0.25) is 0 Å². The monoisotopic (exact) mass is 434 g/mol. The van der Waals surface area contributed by atoms with Gasteiger partial charge in [-0.3, -0.25) is 9.89 Å². The molecule has 0 aliphatic carbocycles. The number of amides is 1. The van der Waals surface area contributed by atoms with Gasteiger partial charge in [0.25, 0.3) is 5.91 Å². The number of H-pyrrole nitrogens is 1. The normalized spacial score (nSPS) is 10.9. The fourth-order valence-electron chi connectivity index (χ4n) is 2.18. The lowest BCUT2D eigenvalue weighted by Gasteiger charge is -2.06. The SMILES string of the molecule is COc1ccc(OC)c(C=NNC(=O)c2cc(-c3ccc(Br)s3)[nH]n2)c1. The minimum absolute atomic E-state index is 0.249. The predicted octanol–water partition coefficient (Wildman–Crippen LogP) is 3.68. The van der Waals surface area contributed by atoms with E-state index in [2.05, 4.69) is 36.7 Å². The van der Waals surface area contributed by atoms with Crippen LogP contribution in [-0.2, 0) is 0 Å². The fourth-order valence-corrected chi connectivity index (χ4v) is 3.53. The number of aromatic amines is 1. The van der Waals surface area contributed by atoms with Gasteiger partial charge in [0.05, 0.1) is 34.8 Å². The maximum Gasteiger partial charge on any atom is 0.291 e. The van der Waals surface area contributed by atoms with Crippen molar-refractivity contribution in [1.29, 1.82) is 0 Å². The molecule has 2 N–H and O–H groups in total. The second kappa shape index (κ2) is 8.15. The van der Waals surface area contributed by atoms with E-state index >= 15 is 0 Å². The summed E-state index contributed by atoms with van der Waals surface area (Å²) in [5.41, 5.74) is 4.15. The first-order valence-corrected chi connectivity index (χ1v) is 9.08. The van der Waals surface area contributed by atoms with Crippen LogP contribution in [0.4, 0.5) is 0 Å². The van der Waals surface area contributed by atoms with E-state index in [0.29, 0.717) is 17.1 Å². The predicted molar refractivity (Wildman–Crippen MR) is 104 cm³/mol. The zero-order valence-electron chi connectivity index (χ0n) is 13.9. The number of rotatable bonds is 6. The van der Waals surface area contributed by atoms with Gasteiger partial charge in [-0.15, -0.1) is 11.3 Å². The Morgan fingerprint density at radius 2 is 2.12 bits per heavy atom. The molecule has 1 amide bonds. The summed E-state index contributed by atoms with van der Waals surface area (Å²) in [4.78, 5) is 13.2. The van der Waals surface area contributed by atoms with Gasteiger partial charge in [-0.25, -0.2) is 5.43 Å². The van der Waals surface area contributed by atoms with E-state index < -0.39 is 5.91 Å². The number of hydrazone groups is 1. The third-order valence-electron chi connectivity index (χ3n) is 3.46. The van der Waals surface area contributed by atoms with Gasteiger partial charge in [0, 0.05) is 5.56 Å². The summed E-state index contributed by atoms with van der Waals surface area (Å²) >= 11 is 4.96. The van der Waals surface area contributed by atoms with Gasteiger partial charge in [-0.05, 0) is 52.3 Å². The summed E-state index contributed by atoms with van der Waals surface area (Å²) < 4.78 is 11.4. The van der Waals surface area contributed by atoms with Crippen LogP contribution in [0.15, 0.2) is 45.3 Å². The Hall–Kier alpha value is -2.65. The molecule has 0 aliphatic rings. The van der Waals surface area contributed by atoms with Crippen molar-refractivity contribution in [3.63, 3.8) is 0 Å². The van der Waals surface area contributed by atoms with Gasteiger partial charge in [-0.1, -0.05) is 0 Å². The molecule has 0 fully saturated rings. The number of aromatic nitrogens is 2. The smallest absolute Gasteiger partial charge is 0.291 e. The van der Waals surface area contributed by atoms with Crippen LogP contribution in [0.1, 0.15) is 16.1 Å². The molecule has 3 rings (SSSR count). The van der Waals surface area contributed by atoms with Crippen molar-refractivity contribution in [3.05, 3.63) is 51.4 Å². The Labute approximate surface area is 162 Å². The average molecular weight is 435 g/mol. The Kier molecular flexibility index (Phi) is 5.69. The highest BCUT2D eigenvalue weighted by atomic mass is 79.9. The minimum Gasteiger partial charge on any atom is -0.497 e. The second-order valence-electron chi connectivity index (χ2n) is 5.08. The van der Waals surface area contributed by atoms with Crippen LogP contribution in [-0.4, -0.2) is 36.5 Å². The molecule has 0 bridgehead atoms. The number of methoxy groups -OCH3 is 2. The van der Waals surface area contributed by atoms with Gasteiger partial charge >= 0.3 is 0 Å². The third-order valence-corrected chi connectivity index (χ3v) is 5.11. The Bertz CT molecular complexity index is 951. The summed E-state index contributed by atoms with van der Waals surface area (Å²) in [5.74, 6) is 0.869. The molecule has 0 aliphatic heterocycles. The van der Waals surface area contributed by atoms with E-state index in [1.165, 1.54) is 6.21 Å². The van der Waals surface area contributed by atoms with E-state index in [9.17, 15) is 4.79 Å². The number of halogens is 1. The highest BCUT2D eigenvalue weighted by molar-refractivity contribution is 9.11. The summed E-state index contributed by atoms with van der Waals surface area (Å²) in [6.07, 6.45) is 1.49. The lowest BCUT2D eigenvalue weighted by Crippen LogP contribution is -2.18. The summed E-state index contributed by atoms with van der Waals surface area (Å²) in [6, 6.07) is 10.9. The van der Waals surface area contributed by atoms with Gasteiger partial charge < -0.3 is 9.47 Å². The van der Waals surface area contributed by atoms with Crippen molar-refractivity contribution < 1.29 is 14.3 Å². The zero-order valence-corrected chi connectivity index (χ0v) is 16.3. The van der Waals surface area contributed by atoms with Crippen LogP contribution in [0.3, 0.4) is 0 Å². The molecule has 1 aromatic carbocycles. The zero-order chi connectivity index (χ0) is 18.5. The Balaban J connectivity index is 1.69. The summed E-state index contributed by atoms with van der Waals surface area (Å²) in [7, 11) is 3.14. The van der Waals surface area contributed by atoms with Crippen molar-refractivity contribution in [3.8, 4) is 22.1 Å². The largest absolute Gasteiger partial charge is 0.497 e. The molecule has 0 spiro atoms. The standard InChI is InChI=1S/C17H15BrN4O3S/c1-24-11-3-4-14(25-2)10(7-11)9-19-22-17(23)13-8-12(20-21-13)15-5-6-16(18)26-15/h3-9H,1-2H3,(H,20,21)(H,22,23). The molecule has 7 nitrogen and oxygen atoms in total. The molecule has 0 saturated heterocycles. The van der Waals surface area contributed by atoms with E-state index in [-0.39, 0.29) is 5.69 Å². The average Bonchev–Trinajstić information content (AvgIpc) is 3.30. The molecule has 3 aromatic rings. The molecule has 0 atom stereocenters. The van der Waals surface area contributed by atoms with Crippen LogP contribution in [0, 0.1) is 0 Å². The number of nitrogens with zero attached hydrogens (tertiary/aromatic N) is 2. The van der Waals surface area contributed by atoms with Gasteiger partial charge in [0.15, 0.2) is 5.69 Å². The lowest BCUT2D eigenvalue weighted by atomic mass is 10.2. The maximum absolute atomic E-state index is 12.2. The quantitative estimate of drug-likeness (QED) is 0.457. The number of carbonyl (C=O) groups excluding carboxylic acids is 1. The molecular formula is C17H15BrN4O3S. The van der Waals surface area contributed by atoms with E-state index in [0.717, 1.165) is 14.4 Å². The molecule has 9 heteroatoms. The molecule has 0 saturated carbocycles. The molecule has 0 radical (unpaired) electrons. The van der Waals surface area contributed by atoms with Crippen LogP contribution in [0.5, 0.6) is 11.5 Å². The number of nitrogens with one attached hydrogen (secondary N) is 2. The first-order chi connectivity index (χ1) is 12.6. The molecule has 26 heavy (non-hydrogen) atoms. The maximum atomic E-state index is 12.2. The van der Waals surface area contributed by atoms with Crippen molar-refractivity contribution in [1.82, 2.24) is 15.6 Å². The summed E-state index contributed by atoms with van der Waals surface area (Å²) in [6.45, 7) is 0. The van der Waals surface area contributed by atoms with Crippen LogP contribution < -0.4 is 14.9 Å². The molecular weight excluding hydrogens is 420 g/mol. The van der Waals surface area contributed by atoms with Crippen molar-refractivity contribution in [2.45, 2.75) is 0 Å². The van der Waals surface area contributed by atoms with E-state index in [4.69, 9.17) is 9.47 Å². The number of carbonyl (C=O) groups is 1. The molecule has 134 valence electrons. The van der Waals surface area contributed by atoms with Crippen molar-refractivity contribution in [2.24, 2.45) is 5.10 Å². The number of benzene rings is 1. The number of hydrogen-bond acceptors (Lipinski definition) is 6. The Morgan fingerprint density at radius 3 is 2.81 bits per heavy atom. The van der Waals surface area contributed by atoms with E-state index in [1.54, 1.807) is 49.8 Å². The molecule has 2 heterocycles. The second-order valence-corrected chi connectivity index (χ2v) is 7.54. The fraction of sp³-hybridized carbons (Fsp3) is 0.118. The van der Waals surface area contributed by atoms with Crippen LogP contribution in [0.2, 0.25) is 0 Å². The van der Waals surface area contributed by atoms with Crippen molar-refractivity contribution in [2.75, 3.05) is 14.2 Å². The molecule has 0 unspecified atom stereocenters. The molecule has 2 aromatic heterocycles. The van der Waals surface area contributed by atoms with Gasteiger partial charge in [0.1, 0.15) is 11.5 Å². The lowest BCUT2D eigenvalue weighted by molar-refractivity contribution is 0.0950. The number of ether oxygens (including phenoxy) is 2. The first-order valence-electron chi connectivity index (χ1n) is 7.47. The first kappa shape index (κ1) is 18.2. The number of thiophene rings is 1. The van der Waals surface area contributed by atoms with Crippen LogP contribution in [0.25, 0.3) is 10.6 Å².